The van der Waals surface area contributed by atoms with Crippen LogP contribution in [0, 0.1) is 16.0 Å². The highest BCUT2D eigenvalue weighted by atomic mass is 16.7. The molecule has 0 bridgehead atoms. The molecule has 0 N–H and O–H groups in total. The van der Waals surface area contributed by atoms with E-state index >= 15 is 0 Å². The van der Waals surface area contributed by atoms with Crippen LogP contribution >= 0.6 is 0 Å². The minimum atomic E-state index is -0.735. The number of allylic oxidation sites excluding steroid dienone is 4. The Balaban J connectivity index is 2.17. The summed E-state index contributed by atoms with van der Waals surface area (Å²) in [5.74, 6) is -0.790. The average Bonchev–Trinajstić information content (AvgIpc) is 2.53. The third-order valence-corrected chi connectivity index (χ3v) is 3.49. The van der Waals surface area contributed by atoms with Gasteiger partial charge in [0.1, 0.15) is 5.71 Å². The van der Waals surface area contributed by atoms with Gasteiger partial charge in [-0.3, -0.25) is 14.9 Å². The van der Waals surface area contributed by atoms with Crippen LogP contribution in [0.1, 0.15) is 31.1 Å². The highest BCUT2D eigenvalue weighted by Crippen LogP contribution is 2.19. The van der Waals surface area contributed by atoms with Crippen LogP contribution in [-0.2, 0) is 9.63 Å². The smallest absolute Gasteiger partial charge is 0.312 e. The van der Waals surface area contributed by atoms with E-state index in [1.165, 1.54) is 30.3 Å². The molecular formula is C17H16N2O5. The molecule has 1 aliphatic carbocycles. The summed E-state index contributed by atoms with van der Waals surface area (Å²) in [6.45, 7) is 5.47. The molecule has 1 aromatic rings. The van der Waals surface area contributed by atoms with Gasteiger partial charge in [-0.1, -0.05) is 19.0 Å². The van der Waals surface area contributed by atoms with Crippen molar-refractivity contribution in [1.82, 2.24) is 0 Å². The number of nitro groups is 1. The van der Waals surface area contributed by atoms with E-state index in [0.29, 0.717) is 16.9 Å². The maximum absolute atomic E-state index is 11.9. The summed E-state index contributed by atoms with van der Waals surface area (Å²) >= 11 is 0. The van der Waals surface area contributed by atoms with Crippen molar-refractivity contribution in [3.63, 3.8) is 0 Å². The van der Waals surface area contributed by atoms with Crippen molar-refractivity contribution in [3.05, 3.63) is 63.2 Å². The van der Waals surface area contributed by atoms with Crippen LogP contribution in [-0.4, -0.2) is 22.4 Å². The SMILES string of the molecule is CC1=CC(=O)C(C(C)C)=C/C1=N/OC(=O)c1ccc([N+](=O)[O-])cc1. The fraction of sp³-hybridized carbons (Fsp3) is 0.235. The van der Waals surface area contributed by atoms with Gasteiger partial charge in [-0.05, 0) is 42.7 Å². The number of carbonyl (C=O) groups excluding carboxylic acids is 2. The Kier molecular flexibility index (Phi) is 5.03. The number of carbonyl (C=O) groups is 2. The lowest BCUT2D eigenvalue weighted by Gasteiger charge is -2.14. The summed E-state index contributed by atoms with van der Waals surface area (Å²) in [5, 5.41) is 14.4. The van der Waals surface area contributed by atoms with Gasteiger partial charge in [0, 0.05) is 17.7 Å². The molecule has 0 radical (unpaired) electrons. The van der Waals surface area contributed by atoms with Crippen molar-refractivity contribution >= 4 is 23.2 Å². The molecule has 0 aliphatic heterocycles. The van der Waals surface area contributed by atoms with E-state index in [1.54, 1.807) is 13.0 Å². The first-order valence-corrected chi connectivity index (χ1v) is 7.28. The minimum Gasteiger partial charge on any atom is -0.312 e. The zero-order valence-corrected chi connectivity index (χ0v) is 13.5. The van der Waals surface area contributed by atoms with Crippen LogP contribution in [0.3, 0.4) is 0 Å². The second-order valence-electron chi connectivity index (χ2n) is 5.61. The van der Waals surface area contributed by atoms with Crippen LogP contribution in [0.4, 0.5) is 5.69 Å². The van der Waals surface area contributed by atoms with E-state index in [-0.39, 0.29) is 23.0 Å². The fourth-order valence-electron chi connectivity index (χ4n) is 2.10. The van der Waals surface area contributed by atoms with Gasteiger partial charge >= 0.3 is 5.97 Å². The Morgan fingerprint density at radius 3 is 2.38 bits per heavy atom. The highest BCUT2D eigenvalue weighted by molar-refractivity contribution is 6.21. The summed E-state index contributed by atoms with van der Waals surface area (Å²) in [4.78, 5) is 38.7. The summed E-state index contributed by atoms with van der Waals surface area (Å²) in [6.07, 6.45) is 3.05. The molecule has 0 heterocycles. The van der Waals surface area contributed by atoms with Gasteiger partial charge in [-0.25, -0.2) is 4.79 Å². The minimum absolute atomic E-state index is 0.0254. The molecular weight excluding hydrogens is 312 g/mol. The number of ketones is 1. The van der Waals surface area contributed by atoms with E-state index in [4.69, 9.17) is 4.84 Å². The van der Waals surface area contributed by atoms with Gasteiger partial charge in [0.2, 0.25) is 0 Å². The largest absolute Gasteiger partial charge is 0.365 e. The second-order valence-corrected chi connectivity index (χ2v) is 5.61. The highest BCUT2D eigenvalue weighted by Gasteiger charge is 2.19. The van der Waals surface area contributed by atoms with Gasteiger partial charge in [-0.2, -0.15) is 0 Å². The van der Waals surface area contributed by atoms with Gasteiger partial charge in [0.25, 0.3) is 5.69 Å². The lowest BCUT2D eigenvalue weighted by atomic mass is 9.90. The quantitative estimate of drug-likeness (QED) is 0.366. The van der Waals surface area contributed by atoms with E-state index in [2.05, 4.69) is 5.16 Å². The first-order valence-electron chi connectivity index (χ1n) is 7.28. The molecule has 24 heavy (non-hydrogen) atoms. The number of oxime groups is 1. The van der Waals surface area contributed by atoms with Crippen molar-refractivity contribution in [2.24, 2.45) is 11.1 Å². The molecule has 0 atom stereocenters. The van der Waals surface area contributed by atoms with Gasteiger partial charge in [0.15, 0.2) is 5.78 Å². The Labute approximate surface area is 138 Å². The van der Waals surface area contributed by atoms with Crippen molar-refractivity contribution in [1.29, 1.82) is 0 Å². The zero-order chi connectivity index (χ0) is 17.9. The van der Waals surface area contributed by atoms with E-state index in [1.807, 2.05) is 13.8 Å². The van der Waals surface area contributed by atoms with Gasteiger partial charge in [-0.15, -0.1) is 0 Å². The van der Waals surface area contributed by atoms with E-state index < -0.39 is 10.9 Å². The molecule has 0 fully saturated rings. The zero-order valence-electron chi connectivity index (χ0n) is 13.5. The number of rotatable bonds is 4. The Bertz CT molecular complexity index is 786. The number of benzene rings is 1. The molecule has 124 valence electrons. The first kappa shape index (κ1) is 17.3. The summed E-state index contributed by atoms with van der Waals surface area (Å²) < 4.78 is 0. The summed E-state index contributed by atoms with van der Waals surface area (Å²) in [6, 6.07) is 5.02. The van der Waals surface area contributed by atoms with E-state index in [0.717, 1.165) is 0 Å². The predicted molar refractivity (Wildman–Crippen MR) is 87.6 cm³/mol. The third kappa shape index (κ3) is 3.81. The number of non-ortho nitro benzene ring substituents is 1. The first-order chi connectivity index (χ1) is 11.3. The molecule has 7 heteroatoms. The molecule has 0 spiro atoms. The normalized spacial score (nSPS) is 16.0. The molecule has 1 aromatic carbocycles. The molecule has 7 nitrogen and oxygen atoms in total. The van der Waals surface area contributed by atoms with Crippen LogP contribution in [0.15, 0.2) is 52.7 Å². The van der Waals surface area contributed by atoms with Crippen LogP contribution in [0.5, 0.6) is 0 Å². The van der Waals surface area contributed by atoms with Crippen molar-refractivity contribution < 1.29 is 19.3 Å². The lowest BCUT2D eigenvalue weighted by Crippen LogP contribution is -2.16. The van der Waals surface area contributed by atoms with Crippen molar-refractivity contribution in [2.75, 3.05) is 0 Å². The van der Waals surface area contributed by atoms with Gasteiger partial charge in [0.05, 0.1) is 10.5 Å². The number of nitro benzene ring substituents is 1. The fourth-order valence-corrected chi connectivity index (χ4v) is 2.10. The van der Waals surface area contributed by atoms with Crippen LogP contribution < -0.4 is 0 Å². The molecule has 0 saturated heterocycles. The predicted octanol–water partition coefficient (Wildman–Crippen LogP) is 3.22. The maximum Gasteiger partial charge on any atom is 0.365 e. The second kappa shape index (κ2) is 6.99. The molecule has 0 saturated carbocycles. The van der Waals surface area contributed by atoms with Crippen molar-refractivity contribution in [2.45, 2.75) is 20.8 Å². The Morgan fingerprint density at radius 1 is 1.21 bits per heavy atom. The molecule has 2 rings (SSSR count). The van der Waals surface area contributed by atoms with Crippen molar-refractivity contribution in [3.8, 4) is 0 Å². The third-order valence-electron chi connectivity index (χ3n) is 3.49. The number of nitrogens with zero attached hydrogens (tertiary/aromatic N) is 2. The monoisotopic (exact) mass is 328 g/mol. The maximum atomic E-state index is 11.9. The molecule has 0 aromatic heterocycles. The Morgan fingerprint density at radius 2 is 1.83 bits per heavy atom. The standard InChI is InChI=1S/C17H16N2O5/c1-10(2)14-9-15(11(3)8-16(14)20)18-24-17(21)12-4-6-13(7-5-12)19(22)23/h4-10H,1-3H3/b18-15-. The van der Waals surface area contributed by atoms with E-state index in [9.17, 15) is 19.7 Å². The number of hydrogen-bond acceptors (Lipinski definition) is 6. The van der Waals surface area contributed by atoms with Gasteiger partial charge < -0.3 is 4.84 Å². The summed E-state index contributed by atoms with van der Waals surface area (Å²) in [5.41, 5.74) is 1.61. The van der Waals surface area contributed by atoms with Crippen LogP contribution in [0.25, 0.3) is 0 Å². The molecule has 0 amide bonds. The average molecular weight is 328 g/mol. The summed E-state index contributed by atoms with van der Waals surface area (Å²) in [7, 11) is 0. The molecule has 0 unspecified atom stereocenters. The number of hydrogen-bond donors (Lipinski definition) is 0. The topological polar surface area (TPSA) is 98.9 Å². The lowest BCUT2D eigenvalue weighted by molar-refractivity contribution is -0.384. The van der Waals surface area contributed by atoms with Crippen LogP contribution in [0.2, 0.25) is 0 Å². The molecule has 1 aliphatic rings. The Hall–Kier alpha value is -3.09.